The van der Waals surface area contributed by atoms with Crippen LogP contribution in [0.25, 0.3) is 0 Å². The summed E-state index contributed by atoms with van der Waals surface area (Å²) in [4.78, 5) is 8.37. The summed E-state index contributed by atoms with van der Waals surface area (Å²) in [5.74, 6) is 0. The highest BCUT2D eigenvalue weighted by Gasteiger charge is 2.30. The summed E-state index contributed by atoms with van der Waals surface area (Å²) < 4.78 is 0. The van der Waals surface area contributed by atoms with Crippen molar-refractivity contribution in [3.63, 3.8) is 0 Å². The average molecular weight is 164 g/mol. The lowest BCUT2D eigenvalue weighted by Crippen LogP contribution is -2.36. The molecule has 11 heavy (non-hydrogen) atoms. The van der Waals surface area contributed by atoms with Gasteiger partial charge in [0.05, 0.1) is 0 Å². The maximum atomic E-state index is 8.42. The molecule has 4 heteroatoms. The van der Waals surface area contributed by atoms with Gasteiger partial charge in [0.25, 0.3) is 0 Å². The van der Waals surface area contributed by atoms with Crippen LogP contribution in [0, 0.1) is 0 Å². The highest BCUT2D eigenvalue weighted by Crippen LogP contribution is 2.24. The fourth-order valence-corrected chi connectivity index (χ4v) is 1.09. The van der Waals surface area contributed by atoms with Gasteiger partial charge in [-0.05, 0) is 27.7 Å². The quantitative estimate of drug-likeness (QED) is 0.492. The maximum absolute atomic E-state index is 8.42. The van der Waals surface area contributed by atoms with Gasteiger partial charge in [-0.3, -0.25) is 10.5 Å². The van der Waals surface area contributed by atoms with Crippen LogP contribution in [-0.4, -0.2) is 21.7 Å². The van der Waals surface area contributed by atoms with Gasteiger partial charge in [-0.25, -0.2) is 9.78 Å². The Morgan fingerprint density at radius 3 is 1.36 bits per heavy atom. The Hall–Kier alpha value is -0.160. The SMILES string of the molecule is CC(C)(CC(C)(C)OO)OO. The Morgan fingerprint density at radius 2 is 1.18 bits per heavy atom. The topological polar surface area (TPSA) is 58.9 Å². The molecule has 0 heterocycles. The lowest BCUT2D eigenvalue weighted by molar-refractivity contribution is -0.355. The van der Waals surface area contributed by atoms with Gasteiger partial charge in [0.1, 0.15) is 11.2 Å². The predicted molar refractivity (Wildman–Crippen MR) is 40.2 cm³/mol. The number of hydrogen-bond acceptors (Lipinski definition) is 4. The van der Waals surface area contributed by atoms with Crippen molar-refractivity contribution >= 4 is 0 Å². The first-order valence-electron chi connectivity index (χ1n) is 3.48. The van der Waals surface area contributed by atoms with Gasteiger partial charge in [-0.1, -0.05) is 0 Å². The van der Waals surface area contributed by atoms with Crippen molar-refractivity contribution in [2.75, 3.05) is 0 Å². The minimum Gasteiger partial charge on any atom is -0.251 e. The molecule has 0 aliphatic heterocycles. The van der Waals surface area contributed by atoms with Crippen LogP contribution in [0.5, 0.6) is 0 Å². The molecule has 0 aliphatic carbocycles. The first kappa shape index (κ1) is 10.8. The highest BCUT2D eigenvalue weighted by molar-refractivity contribution is 4.78. The minimum absolute atomic E-state index is 0.396. The van der Waals surface area contributed by atoms with E-state index in [-0.39, 0.29) is 0 Å². The predicted octanol–water partition coefficient (Wildman–Crippen LogP) is 1.91. The second kappa shape index (κ2) is 3.49. The van der Waals surface area contributed by atoms with Crippen molar-refractivity contribution in [1.29, 1.82) is 0 Å². The molecule has 0 atom stereocenters. The lowest BCUT2D eigenvalue weighted by atomic mass is 9.93. The van der Waals surface area contributed by atoms with E-state index >= 15 is 0 Å². The average Bonchev–Trinajstić information content (AvgIpc) is 1.86. The van der Waals surface area contributed by atoms with E-state index in [1.165, 1.54) is 0 Å². The van der Waals surface area contributed by atoms with Crippen LogP contribution in [0.15, 0.2) is 0 Å². The Balaban J connectivity index is 4.02. The van der Waals surface area contributed by atoms with E-state index in [4.69, 9.17) is 10.5 Å². The molecule has 0 saturated carbocycles. The van der Waals surface area contributed by atoms with Gasteiger partial charge in [0, 0.05) is 6.42 Å². The van der Waals surface area contributed by atoms with Crippen molar-refractivity contribution in [3.05, 3.63) is 0 Å². The largest absolute Gasteiger partial charge is 0.251 e. The lowest BCUT2D eigenvalue weighted by Gasteiger charge is -2.29. The highest BCUT2D eigenvalue weighted by atomic mass is 17.1. The smallest absolute Gasteiger partial charge is 0.101 e. The van der Waals surface area contributed by atoms with Crippen molar-refractivity contribution < 1.29 is 20.3 Å². The van der Waals surface area contributed by atoms with Crippen molar-refractivity contribution in [2.24, 2.45) is 0 Å². The second-order valence-corrected chi connectivity index (χ2v) is 3.88. The molecule has 0 spiro atoms. The van der Waals surface area contributed by atoms with E-state index in [0.717, 1.165) is 0 Å². The van der Waals surface area contributed by atoms with E-state index < -0.39 is 11.2 Å². The Kier molecular flexibility index (Phi) is 3.44. The Bertz CT molecular complexity index is 106. The second-order valence-electron chi connectivity index (χ2n) is 3.88. The molecule has 4 nitrogen and oxygen atoms in total. The molecule has 0 amide bonds. The van der Waals surface area contributed by atoms with Crippen LogP contribution in [-0.2, 0) is 9.78 Å². The van der Waals surface area contributed by atoms with Crippen LogP contribution in [0.1, 0.15) is 34.1 Å². The summed E-state index contributed by atoms with van der Waals surface area (Å²) in [6, 6.07) is 0. The van der Waals surface area contributed by atoms with Gasteiger partial charge in [-0.2, -0.15) is 0 Å². The molecule has 0 bridgehead atoms. The molecule has 0 saturated heterocycles. The summed E-state index contributed by atoms with van der Waals surface area (Å²) in [6.07, 6.45) is 0.396. The number of hydrogen-bond donors (Lipinski definition) is 2. The normalized spacial score (nSPS) is 13.6. The van der Waals surface area contributed by atoms with E-state index in [2.05, 4.69) is 9.78 Å². The van der Waals surface area contributed by atoms with Crippen LogP contribution in [0.2, 0.25) is 0 Å². The zero-order valence-electron chi connectivity index (χ0n) is 7.42. The van der Waals surface area contributed by atoms with Gasteiger partial charge >= 0.3 is 0 Å². The molecule has 0 rings (SSSR count). The van der Waals surface area contributed by atoms with Crippen LogP contribution in [0.4, 0.5) is 0 Å². The molecule has 0 fully saturated rings. The summed E-state index contributed by atoms with van der Waals surface area (Å²) in [5, 5.41) is 16.8. The molecule has 0 aromatic heterocycles. The summed E-state index contributed by atoms with van der Waals surface area (Å²) in [5.41, 5.74) is -1.40. The summed E-state index contributed by atoms with van der Waals surface area (Å²) in [7, 11) is 0. The Labute approximate surface area is 66.6 Å². The van der Waals surface area contributed by atoms with Gasteiger partial charge in [0.15, 0.2) is 0 Å². The summed E-state index contributed by atoms with van der Waals surface area (Å²) in [6.45, 7) is 6.81. The molecule has 68 valence electrons. The third-order valence-corrected chi connectivity index (χ3v) is 1.35. The van der Waals surface area contributed by atoms with E-state index in [9.17, 15) is 0 Å². The first-order chi connectivity index (χ1) is 4.83. The standard InChI is InChI=1S/C7H16O4/c1-6(2,10-8)5-7(3,4)11-9/h8-9H,5H2,1-4H3. The van der Waals surface area contributed by atoms with Crippen molar-refractivity contribution in [2.45, 2.75) is 45.3 Å². The monoisotopic (exact) mass is 164 g/mol. The molecule has 0 aromatic carbocycles. The molecule has 0 aliphatic rings. The van der Waals surface area contributed by atoms with Gasteiger partial charge in [-0.15, -0.1) is 0 Å². The molecule has 0 unspecified atom stereocenters. The van der Waals surface area contributed by atoms with E-state index in [1.807, 2.05) is 0 Å². The maximum Gasteiger partial charge on any atom is 0.101 e. The first-order valence-corrected chi connectivity index (χ1v) is 3.48. The van der Waals surface area contributed by atoms with Crippen LogP contribution in [0.3, 0.4) is 0 Å². The molecular formula is C7H16O4. The van der Waals surface area contributed by atoms with E-state index in [0.29, 0.717) is 6.42 Å². The summed E-state index contributed by atoms with van der Waals surface area (Å²) >= 11 is 0. The van der Waals surface area contributed by atoms with Crippen LogP contribution >= 0.6 is 0 Å². The fraction of sp³-hybridized carbons (Fsp3) is 1.00. The third-order valence-electron chi connectivity index (χ3n) is 1.35. The van der Waals surface area contributed by atoms with Crippen LogP contribution < -0.4 is 0 Å². The van der Waals surface area contributed by atoms with Crippen molar-refractivity contribution in [1.82, 2.24) is 0 Å². The minimum atomic E-state index is -0.702. The van der Waals surface area contributed by atoms with Gasteiger partial charge in [0.2, 0.25) is 0 Å². The Morgan fingerprint density at radius 1 is 0.909 bits per heavy atom. The van der Waals surface area contributed by atoms with Crippen molar-refractivity contribution in [3.8, 4) is 0 Å². The molecule has 2 N–H and O–H groups in total. The molecule has 0 aromatic rings. The number of rotatable bonds is 4. The zero-order valence-corrected chi connectivity index (χ0v) is 7.42. The van der Waals surface area contributed by atoms with E-state index in [1.54, 1.807) is 27.7 Å². The molecule has 0 radical (unpaired) electrons. The third kappa shape index (κ3) is 4.31. The fourth-order valence-electron chi connectivity index (χ4n) is 1.09. The zero-order chi connectivity index (χ0) is 9.12. The van der Waals surface area contributed by atoms with Gasteiger partial charge < -0.3 is 0 Å². The molecular weight excluding hydrogens is 148 g/mol.